The average molecular weight is 403 g/mol. The van der Waals surface area contributed by atoms with E-state index in [2.05, 4.69) is 6.92 Å². The van der Waals surface area contributed by atoms with Crippen LogP contribution in [-0.2, 0) is 9.47 Å². The maximum Gasteiger partial charge on any atom is 0.114 e. The number of ether oxygens (including phenoxy) is 2. The van der Waals surface area contributed by atoms with Crippen LogP contribution in [0.4, 0.5) is 0 Å². The highest BCUT2D eigenvalue weighted by Crippen LogP contribution is 2.20. The summed E-state index contributed by atoms with van der Waals surface area (Å²) in [6.45, 7) is 2.76. The summed E-state index contributed by atoms with van der Waals surface area (Å²) in [5.41, 5.74) is 0. The second kappa shape index (κ2) is 17.6. The van der Waals surface area contributed by atoms with Crippen molar-refractivity contribution in [2.75, 3.05) is 19.8 Å². The van der Waals surface area contributed by atoms with Crippen LogP contribution in [0.2, 0.25) is 0 Å². The highest BCUT2D eigenvalue weighted by molar-refractivity contribution is 4.88. The lowest BCUT2D eigenvalue weighted by atomic mass is 10.0. The highest BCUT2D eigenvalue weighted by Gasteiger charge is 2.40. The van der Waals surface area contributed by atoms with Crippen LogP contribution in [0.1, 0.15) is 103 Å². The largest absolute Gasteiger partial charge is 0.394 e. The lowest BCUT2D eigenvalue weighted by Gasteiger charge is -2.20. The molecule has 0 aliphatic carbocycles. The molecule has 0 bridgehead atoms. The van der Waals surface area contributed by atoms with E-state index in [9.17, 15) is 10.2 Å². The summed E-state index contributed by atoms with van der Waals surface area (Å²) in [4.78, 5) is 0. The Morgan fingerprint density at radius 2 is 1.29 bits per heavy atom. The van der Waals surface area contributed by atoms with Crippen molar-refractivity contribution >= 4 is 0 Å². The maximum absolute atomic E-state index is 10.1. The lowest BCUT2D eigenvalue weighted by molar-refractivity contribution is -0.0730. The summed E-state index contributed by atoms with van der Waals surface area (Å²) >= 11 is 0. The maximum atomic E-state index is 10.1. The third kappa shape index (κ3) is 11.7. The van der Waals surface area contributed by atoms with Gasteiger partial charge in [0.15, 0.2) is 0 Å². The Hall–Kier alpha value is -0.200. The van der Waals surface area contributed by atoms with Gasteiger partial charge in [0.2, 0.25) is 0 Å². The van der Waals surface area contributed by atoms with Crippen molar-refractivity contribution in [3.8, 4) is 0 Å². The van der Waals surface area contributed by atoms with E-state index in [-0.39, 0.29) is 6.61 Å². The zero-order chi connectivity index (χ0) is 20.5. The first kappa shape index (κ1) is 25.8. The molecule has 0 aromatic heterocycles. The number of rotatable bonds is 19. The molecule has 0 amide bonds. The summed E-state index contributed by atoms with van der Waals surface area (Å²) < 4.78 is 11.0. The van der Waals surface area contributed by atoms with Crippen molar-refractivity contribution < 1.29 is 24.8 Å². The van der Waals surface area contributed by atoms with E-state index < -0.39 is 31.0 Å². The van der Waals surface area contributed by atoms with Crippen LogP contribution in [0.3, 0.4) is 0 Å². The number of hydrogen-bond acceptors (Lipinski definition) is 5. The predicted octanol–water partition coefficient (Wildman–Crippen LogP) is 4.36. The summed E-state index contributed by atoms with van der Waals surface area (Å²) in [5.74, 6) is 0. The van der Waals surface area contributed by atoms with Gasteiger partial charge in [-0.3, -0.25) is 0 Å². The molecule has 1 aliphatic rings. The van der Waals surface area contributed by atoms with E-state index in [4.69, 9.17) is 14.6 Å². The Bertz CT molecular complexity index is 339. The van der Waals surface area contributed by atoms with E-state index in [0.29, 0.717) is 6.61 Å². The predicted molar refractivity (Wildman–Crippen MR) is 114 cm³/mol. The average Bonchev–Trinajstić information content (AvgIpc) is 3.07. The molecule has 168 valence electrons. The van der Waals surface area contributed by atoms with Gasteiger partial charge in [0.1, 0.15) is 24.4 Å². The van der Waals surface area contributed by atoms with E-state index in [1.807, 2.05) is 0 Å². The van der Waals surface area contributed by atoms with Crippen molar-refractivity contribution in [1.82, 2.24) is 0 Å². The van der Waals surface area contributed by atoms with Gasteiger partial charge >= 0.3 is 0 Å². The Labute approximate surface area is 172 Å². The molecule has 0 saturated carbocycles. The molecule has 1 fully saturated rings. The summed E-state index contributed by atoms with van der Waals surface area (Å²) in [6, 6.07) is 0. The molecular weight excluding hydrogens is 356 g/mol. The first-order valence-electron chi connectivity index (χ1n) is 11.9. The smallest absolute Gasteiger partial charge is 0.114 e. The van der Waals surface area contributed by atoms with Crippen LogP contribution in [0.15, 0.2) is 0 Å². The van der Waals surface area contributed by atoms with Crippen molar-refractivity contribution in [1.29, 1.82) is 0 Å². The van der Waals surface area contributed by atoms with Gasteiger partial charge < -0.3 is 24.8 Å². The van der Waals surface area contributed by atoms with Gasteiger partial charge in [-0.15, -0.1) is 0 Å². The van der Waals surface area contributed by atoms with Crippen LogP contribution >= 0.6 is 0 Å². The van der Waals surface area contributed by atoms with Crippen LogP contribution in [0.25, 0.3) is 0 Å². The minimum absolute atomic E-state index is 0.279. The Balaban J connectivity index is 1.80. The summed E-state index contributed by atoms with van der Waals surface area (Å²) in [5, 5.41) is 28.6. The molecule has 4 atom stereocenters. The van der Waals surface area contributed by atoms with Crippen molar-refractivity contribution in [2.24, 2.45) is 0 Å². The number of aliphatic hydroxyl groups is 3. The van der Waals surface area contributed by atoms with Gasteiger partial charge in [0.25, 0.3) is 0 Å². The molecule has 1 aliphatic heterocycles. The Morgan fingerprint density at radius 1 is 0.821 bits per heavy atom. The van der Waals surface area contributed by atoms with Gasteiger partial charge in [0, 0.05) is 6.61 Å². The van der Waals surface area contributed by atoms with Gasteiger partial charge in [-0.05, 0) is 6.42 Å². The molecule has 5 nitrogen and oxygen atoms in total. The molecule has 3 N–H and O–H groups in total. The second-order valence-corrected chi connectivity index (χ2v) is 8.40. The quantitative estimate of drug-likeness (QED) is 0.280. The van der Waals surface area contributed by atoms with Crippen molar-refractivity contribution in [2.45, 2.75) is 128 Å². The molecule has 5 heteroatoms. The molecule has 0 aromatic carbocycles. The highest BCUT2D eigenvalue weighted by atomic mass is 16.6. The number of aliphatic hydroxyl groups excluding tert-OH is 3. The number of unbranched alkanes of at least 4 members (excludes halogenated alkanes) is 14. The minimum atomic E-state index is -1.05. The van der Waals surface area contributed by atoms with Gasteiger partial charge in [0.05, 0.1) is 13.2 Å². The topological polar surface area (TPSA) is 79.2 Å². The molecule has 0 spiro atoms. The summed E-state index contributed by atoms with van der Waals surface area (Å²) in [6.07, 6.45) is 17.0. The molecule has 28 heavy (non-hydrogen) atoms. The zero-order valence-corrected chi connectivity index (χ0v) is 18.2. The zero-order valence-electron chi connectivity index (χ0n) is 18.2. The third-order valence-corrected chi connectivity index (χ3v) is 5.82. The van der Waals surface area contributed by atoms with Crippen molar-refractivity contribution in [3.05, 3.63) is 0 Å². The molecule has 0 unspecified atom stereocenters. The lowest BCUT2D eigenvalue weighted by Crippen LogP contribution is -2.41. The minimum Gasteiger partial charge on any atom is -0.394 e. The first-order chi connectivity index (χ1) is 13.7. The monoisotopic (exact) mass is 402 g/mol. The van der Waals surface area contributed by atoms with Crippen LogP contribution in [-0.4, -0.2) is 59.6 Å². The second-order valence-electron chi connectivity index (χ2n) is 8.40. The van der Waals surface area contributed by atoms with Crippen LogP contribution < -0.4 is 0 Å². The normalized spacial score (nSPS) is 23.4. The van der Waals surface area contributed by atoms with Gasteiger partial charge in [-0.1, -0.05) is 96.8 Å². The van der Waals surface area contributed by atoms with E-state index in [1.54, 1.807) is 0 Å². The molecular formula is C23H46O5. The van der Waals surface area contributed by atoms with E-state index in [1.165, 1.54) is 83.5 Å². The van der Waals surface area contributed by atoms with Crippen LogP contribution in [0, 0.1) is 0 Å². The molecule has 1 heterocycles. The molecule has 0 radical (unpaired) electrons. The standard InChI is InChI=1S/C23H46O5/c1-2-3-4-5-6-7-8-9-10-11-12-13-14-15-16-17-27-21-19-28-23(22(21)26)20(25)18-24/h20-26H,2-19H2,1H3/t20-,21+,22+,23+/m0/s1. The molecule has 1 saturated heterocycles. The van der Waals surface area contributed by atoms with E-state index >= 15 is 0 Å². The fourth-order valence-electron chi connectivity index (χ4n) is 3.91. The SMILES string of the molecule is CCCCCCCCCCCCCCCCCO[C@@H]1CO[C@H]([C@@H](O)CO)[C@@H]1O. The Kier molecular flexibility index (Phi) is 16.3. The first-order valence-corrected chi connectivity index (χ1v) is 11.9. The summed E-state index contributed by atoms with van der Waals surface area (Å²) in [7, 11) is 0. The van der Waals surface area contributed by atoms with Crippen LogP contribution in [0.5, 0.6) is 0 Å². The Morgan fingerprint density at radius 3 is 1.75 bits per heavy atom. The fourth-order valence-corrected chi connectivity index (χ4v) is 3.91. The number of hydrogen-bond donors (Lipinski definition) is 3. The van der Waals surface area contributed by atoms with Gasteiger partial charge in [-0.25, -0.2) is 0 Å². The van der Waals surface area contributed by atoms with E-state index in [0.717, 1.165) is 12.8 Å². The molecule has 0 aromatic rings. The fraction of sp³-hybridized carbons (Fsp3) is 1.00. The van der Waals surface area contributed by atoms with Crippen molar-refractivity contribution in [3.63, 3.8) is 0 Å². The third-order valence-electron chi connectivity index (χ3n) is 5.82. The van der Waals surface area contributed by atoms with Gasteiger partial charge in [-0.2, -0.15) is 0 Å². The molecule has 1 rings (SSSR count).